The molecule has 0 unspecified atom stereocenters. The fourth-order valence-corrected chi connectivity index (χ4v) is 9.04. The number of aliphatic hydroxyl groups excluding tert-OH is 1. The predicted octanol–water partition coefficient (Wildman–Crippen LogP) is 5.59. The van der Waals surface area contributed by atoms with Gasteiger partial charge in [0.05, 0.1) is 40.7 Å². The number of rotatable bonds is 9. The van der Waals surface area contributed by atoms with Crippen molar-refractivity contribution in [3.8, 4) is 28.3 Å². The molecule has 14 nitrogen and oxygen atoms in total. The van der Waals surface area contributed by atoms with Crippen molar-refractivity contribution in [1.82, 2.24) is 39.2 Å². The van der Waals surface area contributed by atoms with E-state index in [0.29, 0.717) is 52.9 Å². The van der Waals surface area contributed by atoms with Crippen LogP contribution in [0.2, 0.25) is 10.0 Å². The van der Waals surface area contributed by atoms with E-state index < -0.39 is 23.5 Å². The topological polar surface area (TPSA) is 160 Å². The number of aliphatic hydroxyl groups is 1. The molecule has 8 rings (SSSR count). The zero-order valence-corrected chi connectivity index (χ0v) is 32.8. The number of benzene rings is 2. The molecule has 3 aliphatic rings. The third kappa shape index (κ3) is 6.67. The molecule has 1 aliphatic carbocycles. The minimum Gasteiger partial charge on any atom is -0.481 e. The molecule has 2 saturated heterocycles. The molecule has 2 amide bonds. The number of β-amino-alcohol motifs (C(OH)–C–C–N with tert-alkyl or cyclic N) is 1. The number of carbonyl (C=O) groups excluding carboxylic acids is 1. The van der Waals surface area contributed by atoms with E-state index in [0.717, 1.165) is 52.5 Å². The fourth-order valence-electron chi connectivity index (χ4n) is 8.44. The van der Waals surface area contributed by atoms with Gasteiger partial charge < -0.3 is 25.4 Å². The number of urea groups is 1. The molecule has 3 aromatic heterocycles. The number of alkyl halides is 2. The summed E-state index contributed by atoms with van der Waals surface area (Å²) in [6, 6.07) is 12.5. The van der Waals surface area contributed by atoms with Gasteiger partial charge in [0.25, 0.3) is 12.0 Å². The SMILES string of the molecule is COc1nc(-c2cccc(-c3cccc(Nc4nc(C(F)F)nc5c4c(=O)n(C)c(=O)n5C)c3Cl)c2Cl)cc2c1[C@@H](N1CC[C@@]3(CCN(CCO)C(=O)N3)C1)CC2. The Labute approximate surface area is 335 Å². The molecule has 3 N–H and O–H groups in total. The van der Waals surface area contributed by atoms with E-state index in [9.17, 15) is 28.3 Å². The van der Waals surface area contributed by atoms with Crippen molar-refractivity contribution in [1.29, 1.82) is 0 Å². The molecule has 298 valence electrons. The van der Waals surface area contributed by atoms with Crippen LogP contribution in [0.15, 0.2) is 52.1 Å². The van der Waals surface area contributed by atoms with Crippen LogP contribution in [0.5, 0.6) is 5.88 Å². The number of pyridine rings is 1. The number of likely N-dealkylation sites (tertiary alicyclic amines) is 1. The maximum atomic E-state index is 13.9. The van der Waals surface area contributed by atoms with Crippen LogP contribution in [-0.4, -0.2) is 90.5 Å². The summed E-state index contributed by atoms with van der Waals surface area (Å²) in [5.74, 6) is -0.606. The Balaban J connectivity index is 1.11. The maximum Gasteiger partial charge on any atom is 0.332 e. The van der Waals surface area contributed by atoms with Crippen molar-refractivity contribution in [2.24, 2.45) is 14.1 Å². The molecule has 5 heterocycles. The van der Waals surface area contributed by atoms with Gasteiger partial charge in [-0.3, -0.25) is 18.8 Å². The van der Waals surface area contributed by atoms with Gasteiger partial charge in [-0.05, 0) is 43.4 Å². The first-order valence-electron chi connectivity index (χ1n) is 18.4. The largest absolute Gasteiger partial charge is 0.481 e. The quantitative estimate of drug-likeness (QED) is 0.171. The Morgan fingerprint density at radius 1 is 1.00 bits per heavy atom. The average molecular weight is 823 g/mol. The van der Waals surface area contributed by atoms with E-state index in [1.807, 2.05) is 18.2 Å². The summed E-state index contributed by atoms with van der Waals surface area (Å²) in [5, 5.41) is 15.9. The van der Waals surface area contributed by atoms with Crippen molar-refractivity contribution < 1.29 is 23.4 Å². The van der Waals surface area contributed by atoms with Crippen LogP contribution in [-0.2, 0) is 20.5 Å². The molecular formula is C39H39Cl2F2N9O5. The second kappa shape index (κ2) is 15.0. The standard InChI is InChI=1S/C39H39Cl2F2N9O5/c1-49-34-28(36(54)50(2)38(49)56)32(46-33(47-34)31(42)43)44-24-9-5-7-22(30(24)41)21-6-4-8-23(29(21)40)25-18-20-10-11-26(27(20)35(45-25)57-3)52-15-13-39(19-52)12-14-51(16-17-53)37(55)48-39/h4-9,18,26,31,53H,10-17,19H2,1-3H3,(H,48,55)(H,44,46,47)/t26-,39-/m0/s1. The van der Waals surface area contributed by atoms with Crippen LogP contribution in [0.1, 0.15) is 48.7 Å². The van der Waals surface area contributed by atoms with Gasteiger partial charge >= 0.3 is 11.7 Å². The number of hydrogen-bond acceptors (Lipinski definition) is 10. The number of aromatic nitrogens is 5. The number of amides is 2. The number of fused-ring (bicyclic) bond motifs is 2. The van der Waals surface area contributed by atoms with Gasteiger partial charge in [0.1, 0.15) is 11.2 Å². The van der Waals surface area contributed by atoms with Gasteiger partial charge in [-0.2, -0.15) is 0 Å². The smallest absolute Gasteiger partial charge is 0.332 e. The molecule has 0 bridgehead atoms. The Hall–Kier alpha value is -5.16. The van der Waals surface area contributed by atoms with E-state index in [1.54, 1.807) is 36.3 Å². The van der Waals surface area contributed by atoms with Gasteiger partial charge in [0.2, 0.25) is 5.88 Å². The second-order valence-electron chi connectivity index (χ2n) is 14.6. The van der Waals surface area contributed by atoms with E-state index in [1.165, 1.54) is 14.1 Å². The number of nitrogens with zero attached hydrogens (tertiary/aromatic N) is 7. The lowest BCUT2D eigenvalue weighted by atomic mass is 9.92. The summed E-state index contributed by atoms with van der Waals surface area (Å²) in [6.45, 7) is 2.38. The molecule has 2 atom stereocenters. The van der Waals surface area contributed by atoms with Gasteiger partial charge in [0, 0.05) is 68.6 Å². The number of carbonyl (C=O) groups is 1. The molecule has 5 aromatic rings. The van der Waals surface area contributed by atoms with E-state index in [-0.39, 0.29) is 51.8 Å². The lowest BCUT2D eigenvalue weighted by molar-refractivity contribution is 0.127. The minimum absolute atomic E-state index is 0.0629. The Kier molecular flexibility index (Phi) is 10.2. The predicted molar refractivity (Wildman–Crippen MR) is 212 cm³/mol. The highest BCUT2D eigenvalue weighted by Gasteiger charge is 2.46. The van der Waals surface area contributed by atoms with Crippen LogP contribution < -0.4 is 26.6 Å². The summed E-state index contributed by atoms with van der Waals surface area (Å²) in [5.41, 5.74) is 2.62. The molecule has 57 heavy (non-hydrogen) atoms. The van der Waals surface area contributed by atoms with Crippen molar-refractivity contribution >= 4 is 51.8 Å². The minimum atomic E-state index is -3.09. The Morgan fingerprint density at radius 3 is 2.44 bits per heavy atom. The van der Waals surface area contributed by atoms with Gasteiger partial charge in [-0.15, -0.1) is 0 Å². The third-order valence-corrected chi connectivity index (χ3v) is 12.2. The molecule has 1 spiro atoms. The first-order valence-corrected chi connectivity index (χ1v) is 19.2. The van der Waals surface area contributed by atoms with Gasteiger partial charge in [-0.25, -0.2) is 33.3 Å². The summed E-state index contributed by atoms with van der Waals surface area (Å²) in [6.07, 6.45) is 0.214. The fraction of sp³-hybridized carbons (Fsp3) is 0.385. The highest BCUT2D eigenvalue weighted by molar-refractivity contribution is 6.39. The number of aryl methyl sites for hydroxylation is 2. The number of halogens is 4. The first kappa shape index (κ1) is 38.7. The van der Waals surface area contributed by atoms with E-state index in [2.05, 4.69) is 25.5 Å². The average Bonchev–Trinajstić information content (AvgIpc) is 3.82. The molecule has 2 fully saturated rings. The third-order valence-electron chi connectivity index (χ3n) is 11.4. The summed E-state index contributed by atoms with van der Waals surface area (Å²) in [4.78, 5) is 55.5. The maximum absolute atomic E-state index is 13.9. The number of methoxy groups -OCH3 is 1. The van der Waals surface area contributed by atoms with Crippen LogP contribution in [0, 0.1) is 0 Å². The van der Waals surface area contributed by atoms with Crippen molar-refractivity contribution in [2.75, 3.05) is 45.2 Å². The molecule has 0 radical (unpaired) electrons. The Bertz CT molecular complexity index is 2570. The van der Waals surface area contributed by atoms with Crippen molar-refractivity contribution in [3.05, 3.63) is 90.3 Å². The lowest BCUT2D eigenvalue weighted by Crippen LogP contribution is -2.61. The summed E-state index contributed by atoms with van der Waals surface area (Å²) in [7, 11) is 4.21. The molecule has 2 aromatic carbocycles. The Morgan fingerprint density at radius 2 is 1.72 bits per heavy atom. The normalized spacial score (nSPS) is 19.5. The molecule has 0 saturated carbocycles. The van der Waals surface area contributed by atoms with Crippen LogP contribution in [0.4, 0.5) is 25.1 Å². The summed E-state index contributed by atoms with van der Waals surface area (Å²) >= 11 is 14.2. The van der Waals surface area contributed by atoms with Gasteiger partial charge in [-0.1, -0.05) is 53.5 Å². The van der Waals surface area contributed by atoms with Crippen LogP contribution in [0.3, 0.4) is 0 Å². The lowest BCUT2D eigenvalue weighted by Gasteiger charge is -2.40. The molecule has 18 heteroatoms. The summed E-state index contributed by atoms with van der Waals surface area (Å²) < 4.78 is 35.7. The number of anilines is 2. The zero-order chi connectivity index (χ0) is 40.3. The van der Waals surface area contributed by atoms with E-state index >= 15 is 0 Å². The van der Waals surface area contributed by atoms with Crippen LogP contribution >= 0.6 is 23.2 Å². The van der Waals surface area contributed by atoms with Crippen molar-refractivity contribution in [2.45, 2.75) is 43.7 Å². The van der Waals surface area contributed by atoms with Gasteiger partial charge in [0.15, 0.2) is 11.5 Å². The highest BCUT2D eigenvalue weighted by Crippen LogP contribution is 2.47. The second-order valence-corrected chi connectivity index (χ2v) is 15.4. The highest BCUT2D eigenvalue weighted by atomic mass is 35.5. The van der Waals surface area contributed by atoms with Crippen LogP contribution in [0.25, 0.3) is 33.4 Å². The first-order chi connectivity index (χ1) is 27.3. The number of ether oxygens (including phenoxy) is 1. The van der Waals surface area contributed by atoms with Crippen molar-refractivity contribution in [3.63, 3.8) is 0 Å². The molecular weight excluding hydrogens is 783 g/mol. The molecule has 2 aliphatic heterocycles. The number of hydrogen-bond donors (Lipinski definition) is 3. The zero-order valence-electron chi connectivity index (χ0n) is 31.3. The monoisotopic (exact) mass is 821 g/mol. The number of nitrogens with one attached hydrogen (secondary N) is 2. The van der Waals surface area contributed by atoms with E-state index in [4.69, 9.17) is 32.9 Å².